The Labute approximate surface area is 125 Å². The van der Waals surface area contributed by atoms with E-state index in [0.717, 1.165) is 37.4 Å². The van der Waals surface area contributed by atoms with Crippen molar-refractivity contribution in [3.63, 3.8) is 0 Å². The van der Waals surface area contributed by atoms with Crippen LogP contribution in [0.2, 0.25) is 5.02 Å². The van der Waals surface area contributed by atoms with E-state index in [0.29, 0.717) is 11.9 Å². The molecule has 3 rings (SSSR count). The number of rotatable bonds is 4. The summed E-state index contributed by atoms with van der Waals surface area (Å²) in [6.07, 6.45) is 3.25. The molecule has 108 valence electrons. The summed E-state index contributed by atoms with van der Waals surface area (Å²) in [5.74, 6) is 0.477. The topological polar surface area (TPSA) is 32.3 Å². The van der Waals surface area contributed by atoms with Crippen LogP contribution in [0.3, 0.4) is 0 Å². The van der Waals surface area contributed by atoms with Crippen LogP contribution >= 0.6 is 11.6 Å². The van der Waals surface area contributed by atoms with Crippen LogP contribution < -0.4 is 5.32 Å². The van der Waals surface area contributed by atoms with Crippen molar-refractivity contribution in [1.82, 2.24) is 10.2 Å². The molecule has 2 fully saturated rings. The maximum absolute atomic E-state index is 12.8. The third-order valence-electron chi connectivity index (χ3n) is 4.37. The zero-order chi connectivity index (χ0) is 14.1. The predicted molar refractivity (Wildman–Crippen MR) is 80.7 cm³/mol. The van der Waals surface area contributed by atoms with Gasteiger partial charge in [0.1, 0.15) is 0 Å². The summed E-state index contributed by atoms with van der Waals surface area (Å²) in [5.41, 5.74) is 1.17. The van der Waals surface area contributed by atoms with Crippen LogP contribution in [0.15, 0.2) is 24.3 Å². The van der Waals surface area contributed by atoms with Crippen molar-refractivity contribution in [2.45, 2.75) is 38.3 Å². The van der Waals surface area contributed by atoms with Gasteiger partial charge in [-0.1, -0.05) is 23.7 Å². The van der Waals surface area contributed by atoms with Gasteiger partial charge >= 0.3 is 0 Å². The maximum Gasteiger partial charge on any atom is 0.227 e. The molecule has 2 aliphatic rings. The second-order valence-corrected chi connectivity index (χ2v) is 6.33. The summed E-state index contributed by atoms with van der Waals surface area (Å²) < 4.78 is 0. The van der Waals surface area contributed by atoms with Crippen molar-refractivity contribution in [3.05, 3.63) is 34.9 Å². The molecule has 3 nitrogen and oxygen atoms in total. The van der Waals surface area contributed by atoms with Crippen molar-refractivity contribution in [1.29, 1.82) is 0 Å². The fraction of sp³-hybridized carbons (Fsp3) is 0.562. The second-order valence-electron chi connectivity index (χ2n) is 5.89. The van der Waals surface area contributed by atoms with Crippen LogP contribution in [0.1, 0.15) is 37.8 Å². The highest BCUT2D eigenvalue weighted by Crippen LogP contribution is 2.36. The van der Waals surface area contributed by atoms with Gasteiger partial charge < -0.3 is 10.2 Å². The summed E-state index contributed by atoms with van der Waals surface area (Å²) in [7, 11) is 0. The highest BCUT2D eigenvalue weighted by molar-refractivity contribution is 6.30. The number of hydrogen-bond acceptors (Lipinski definition) is 2. The third-order valence-corrected chi connectivity index (χ3v) is 4.63. The first-order valence-corrected chi connectivity index (χ1v) is 7.83. The monoisotopic (exact) mass is 292 g/mol. The molecule has 0 radical (unpaired) electrons. The van der Waals surface area contributed by atoms with Crippen LogP contribution in [0.5, 0.6) is 0 Å². The normalized spacial score (nSPS) is 23.6. The van der Waals surface area contributed by atoms with Gasteiger partial charge in [-0.2, -0.15) is 0 Å². The molecule has 1 saturated carbocycles. The fourth-order valence-corrected chi connectivity index (χ4v) is 3.14. The number of nitrogens with one attached hydrogen (secondary N) is 1. The van der Waals surface area contributed by atoms with E-state index in [1.54, 1.807) is 0 Å². The van der Waals surface area contributed by atoms with E-state index in [4.69, 9.17) is 11.6 Å². The Balaban J connectivity index is 1.79. The first-order valence-electron chi connectivity index (χ1n) is 7.45. The average Bonchev–Trinajstić information content (AvgIpc) is 3.12. The maximum atomic E-state index is 12.8. The van der Waals surface area contributed by atoms with Gasteiger partial charge in [0.05, 0.1) is 12.0 Å². The van der Waals surface area contributed by atoms with Crippen LogP contribution in [0.4, 0.5) is 0 Å². The second kappa shape index (κ2) is 5.74. The molecule has 4 heteroatoms. The summed E-state index contributed by atoms with van der Waals surface area (Å²) in [4.78, 5) is 14.9. The minimum atomic E-state index is 0.132. The van der Waals surface area contributed by atoms with Crippen LogP contribution in [0, 0.1) is 5.92 Å². The highest BCUT2D eigenvalue weighted by atomic mass is 35.5. The van der Waals surface area contributed by atoms with E-state index in [9.17, 15) is 4.79 Å². The minimum Gasteiger partial charge on any atom is -0.333 e. The van der Waals surface area contributed by atoms with Crippen LogP contribution in [0.25, 0.3) is 0 Å². The van der Waals surface area contributed by atoms with Crippen molar-refractivity contribution < 1.29 is 4.79 Å². The van der Waals surface area contributed by atoms with Crippen molar-refractivity contribution in [2.75, 3.05) is 13.1 Å². The van der Waals surface area contributed by atoms with Gasteiger partial charge in [-0.3, -0.25) is 4.79 Å². The van der Waals surface area contributed by atoms with Crippen molar-refractivity contribution >= 4 is 17.5 Å². The molecular weight excluding hydrogens is 272 g/mol. The number of hydrogen-bond donors (Lipinski definition) is 1. The molecule has 1 aromatic carbocycles. The van der Waals surface area contributed by atoms with E-state index in [1.165, 1.54) is 5.56 Å². The van der Waals surface area contributed by atoms with Gasteiger partial charge in [0, 0.05) is 17.6 Å². The molecule has 1 aliphatic heterocycles. The van der Waals surface area contributed by atoms with E-state index >= 15 is 0 Å². The van der Waals surface area contributed by atoms with Gasteiger partial charge in [0.25, 0.3) is 0 Å². The number of benzene rings is 1. The van der Waals surface area contributed by atoms with Gasteiger partial charge in [-0.25, -0.2) is 0 Å². The van der Waals surface area contributed by atoms with Gasteiger partial charge in [-0.15, -0.1) is 0 Å². The molecular formula is C16H21ClN2O. The molecule has 0 bridgehead atoms. The largest absolute Gasteiger partial charge is 0.333 e. The fourth-order valence-electron chi connectivity index (χ4n) is 3.02. The lowest BCUT2D eigenvalue weighted by Crippen LogP contribution is -2.40. The zero-order valence-electron chi connectivity index (χ0n) is 11.8. The van der Waals surface area contributed by atoms with Crippen LogP contribution in [-0.4, -0.2) is 29.9 Å². The molecule has 0 aromatic heterocycles. The molecule has 2 unspecified atom stereocenters. The number of amides is 1. The molecule has 1 amide bonds. The lowest BCUT2D eigenvalue weighted by atomic mass is 10.0. The zero-order valence-corrected chi connectivity index (χ0v) is 12.6. The Morgan fingerprint density at radius 2 is 2.00 bits per heavy atom. The Bertz CT molecular complexity index is 478. The third kappa shape index (κ3) is 2.84. The summed E-state index contributed by atoms with van der Waals surface area (Å²) >= 11 is 5.95. The standard InChI is InChI=1S/C16H21ClN2O/c1-11(12-2-4-14(17)5-3-12)19(15-6-7-15)16(20)13-8-9-18-10-13/h2-5,11,13,15,18H,6-10H2,1H3. The number of carbonyl (C=O) groups excluding carboxylic acids is 1. The van der Waals surface area contributed by atoms with Gasteiger partial charge in [0.2, 0.25) is 5.91 Å². The lowest BCUT2D eigenvalue weighted by molar-refractivity contribution is -0.137. The van der Waals surface area contributed by atoms with E-state index in [-0.39, 0.29) is 12.0 Å². The molecule has 1 aromatic rings. The van der Waals surface area contributed by atoms with Crippen LogP contribution in [-0.2, 0) is 4.79 Å². The Hall–Kier alpha value is -1.06. The first kappa shape index (κ1) is 13.9. The number of carbonyl (C=O) groups is 1. The van der Waals surface area contributed by atoms with E-state index in [2.05, 4.69) is 17.1 Å². The molecule has 1 saturated heterocycles. The van der Waals surface area contributed by atoms with Crippen molar-refractivity contribution in [3.8, 4) is 0 Å². The van der Waals surface area contributed by atoms with Gasteiger partial charge in [0.15, 0.2) is 0 Å². The summed E-state index contributed by atoms with van der Waals surface area (Å²) in [5, 5.41) is 4.03. The number of halogens is 1. The summed E-state index contributed by atoms with van der Waals surface area (Å²) in [6, 6.07) is 8.44. The first-order chi connectivity index (χ1) is 9.66. The lowest BCUT2D eigenvalue weighted by Gasteiger charge is -2.32. The smallest absolute Gasteiger partial charge is 0.227 e. The molecule has 1 N–H and O–H groups in total. The molecule has 20 heavy (non-hydrogen) atoms. The molecule has 2 atom stereocenters. The highest BCUT2D eigenvalue weighted by Gasteiger charge is 2.39. The van der Waals surface area contributed by atoms with E-state index < -0.39 is 0 Å². The SMILES string of the molecule is CC(c1ccc(Cl)cc1)N(C(=O)C1CCNC1)C1CC1. The quantitative estimate of drug-likeness (QED) is 0.925. The Morgan fingerprint density at radius 1 is 1.30 bits per heavy atom. The average molecular weight is 293 g/mol. The minimum absolute atomic E-state index is 0.132. The predicted octanol–water partition coefficient (Wildman–Crippen LogP) is 3.00. The summed E-state index contributed by atoms with van der Waals surface area (Å²) in [6.45, 7) is 3.92. The molecule has 1 aliphatic carbocycles. The van der Waals surface area contributed by atoms with Crippen molar-refractivity contribution in [2.24, 2.45) is 5.92 Å². The molecule has 0 spiro atoms. The Kier molecular flexibility index (Phi) is 3.99. The number of nitrogens with zero attached hydrogens (tertiary/aromatic N) is 1. The van der Waals surface area contributed by atoms with Gasteiger partial charge in [-0.05, 0) is 50.4 Å². The Morgan fingerprint density at radius 3 is 2.55 bits per heavy atom. The molecule has 1 heterocycles. The van der Waals surface area contributed by atoms with E-state index in [1.807, 2.05) is 24.3 Å².